The van der Waals surface area contributed by atoms with Crippen LogP contribution in [0, 0.1) is 0 Å². The predicted octanol–water partition coefficient (Wildman–Crippen LogP) is 2.60. The summed E-state index contributed by atoms with van der Waals surface area (Å²) in [6.45, 7) is 0.809. The number of benzene rings is 1. The molecule has 0 N–H and O–H groups in total. The third-order valence-corrected chi connectivity index (χ3v) is 2.15. The quantitative estimate of drug-likeness (QED) is 0.830. The SMILES string of the molecule is Cl.Clc1ncn(CCc2ccccc2)n1. The molecule has 0 atom stereocenters. The van der Waals surface area contributed by atoms with Gasteiger partial charge in [-0.2, -0.15) is 0 Å². The first-order chi connectivity index (χ1) is 6.84. The fourth-order valence-electron chi connectivity index (χ4n) is 1.27. The van der Waals surface area contributed by atoms with E-state index in [0.717, 1.165) is 13.0 Å². The monoisotopic (exact) mass is 243 g/mol. The van der Waals surface area contributed by atoms with Crippen molar-refractivity contribution >= 4 is 24.0 Å². The highest BCUT2D eigenvalue weighted by molar-refractivity contribution is 6.28. The zero-order valence-corrected chi connectivity index (χ0v) is 9.58. The smallest absolute Gasteiger partial charge is 0.242 e. The van der Waals surface area contributed by atoms with Gasteiger partial charge in [0.15, 0.2) is 0 Å². The standard InChI is InChI=1S/C10H10ClN3.ClH/c11-10-12-8-14(13-10)7-6-9-4-2-1-3-5-9;/h1-5,8H,6-7H2;1H. The Bertz CT molecular complexity index is 400. The van der Waals surface area contributed by atoms with Gasteiger partial charge in [-0.15, -0.1) is 17.5 Å². The molecule has 0 fully saturated rings. The third-order valence-electron chi connectivity index (χ3n) is 1.98. The van der Waals surface area contributed by atoms with Crippen molar-refractivity contribution in [3.63, 3.8) is 0 Å². The zero-order chi connectivity index (χ0) is 9.80. The van der Waals surface area contributed by atoms with Crippen molar-refractivity contribution in [3.05, 3.63) is 47.5 Å². The first kappa shape index (κ1) is 12.0. The lowest BCUT2D eigenvalue weighted by molar-refractivity contribution is 0.613. The Kier molecular flexibility index (Phi) is 4.59. The van der Waals surface area contributed by atoms with E-state index in [-0.39, 0.29) is 12.4 Å². The average Bonchev–Trinajstić information content (AvgIpc) is 2.63. The molecule has 0 aliphatic rings. The van der Waals surface area contributed by atoms with Gasteiger partial charge in [0.05, 0.1) is 0 Å². The Hall–Kier alpha value is -1.06. The number of hydrogen-bond acceptors (Lipinski definition) is 2. The zero-order valence-electron chi connectivity index (χ0n) is 8.01. The molecule has 0 aliphatic carbocycles. The minimum Gasteiger partial charge on any atom is -0.251 e. The van der Waals surface area contributed by atoms with Gasteiger partial charge in [0.2, 0.25) is 5.28 Å². The second-order valence-electron chi connectivity index (χ2n) is 3.01. The second-order valence-corrected chi connectivity index (χ2v) is 3.35. The van der Waals surface area contributed by atoms with E-state index in [2.05, 4.69) is 22.2 Å². The molecule has 0 unspecified atom stereocenters. The molecule has 2 rings (SSSR count). The number of nitrogens with zero attached hydrogens (tertiary/aromatic N) is 3. The lowest BCUT2D eigenvalue weighted by Gasteiger charge is -2.00. The molecule has 1 aromatic carbocycles. The molecule has 3 nitrogen and oxygen atoms in total. The van der Waals surface area contributed by atoms with Gasteiger partial charge < -0.3 is 0 Å². The Balaban J connectivity index is 0.00000112. The summed E-state index contributed by atoms with van der Waals surface area (Å²) in [5, 5.41) is 4.30. The normalized spacial score (nSPS) is 9.67. The van der Waals surface area contributed by atoms with E-state index >= 15 is 0 Å². The summed E-state index contributed by atoms with van der Waals surface area (Å²) in [5.74, 6) is 0. The number of halogens is 2. The molecule has 0 bridgehead atoms. The first-order valence-electron chi connectivity index (χ1n) is 4.43. The summed E-state index contributed by atoms with van der Waals surface area (Å²) in [5.41, 5.74) is 1.29. The maximum atomic E-state index is 5.60. The molecule has 1 aromatic heterocycles. The van der Waals surface area contributed by atoms with Crippen LogP contribution in [0.4, 0.5) is 0 Å². The van der Waals surface area contributed by atoms with Crippen LogP contribution in [0.2, 0.25) is 5.28 Å². The van der Waals surface area contributed by atoms with Gasteiger partial charge in [0.25, 0.3) is 0 Å². The molecule has 0 amide bonds. The van der Waals surface area contributed by atoms with E-state index in [1.807, 2.05) is 18.2 Å². The van der Waals surface area contributed by atoms with Crippen molar-refractivity contribution in [2.75, 3.05) is 0 Å². The molecule has 0 saturated heterocycles. The summed E-state index contributed by atoms with van der Waals surface area (Å²) >= 11 is 5.60. The number of aryl methyl sites for hydroxylation is 2. The van der Waals surface area contributed by atoms with E-state index in [4.69, 9.17) is 11.6 Å². The van der Waals surface area contributed by atoms with E-state index in [1.165, 1.54) is 5.56 Å². The highest BCUT2D eigenvalue weighted by atomic mass is 35.5. The Morgan fingerprint density at radius 1 is 1.20 bits per heavy atom. The van der Waals surface area contributed by atoms with Gasteiger partial charge in [-0.25, -0.2) is 4.98 Å². The molecule has 0 saturated carbocycles. The average molecular weight is 244 g/mol. The van der Waals surface area contributed by atoms with Crippen molar-refractivity contribution in [2.24, 2.45) is 0 Å². The minimum absolute atomic E-state index is 0. The number of rotatable bonds is 3. The Morgan fingerprint density at radius 3 is 2.53 bits per heavy atom. The van der Waals surface area contributed by atoms with E-state index in [1.54, 1.807) is 11.0 Å². The molecule has 15 heavy (non-hydrogen) atoms. The van der Waals surface area contributed by atoms with Crippen LogP contribution >= 0.6 is 24.0 Å². The molecule has 0 radical (unpaired) electrons. The van der Waals surface area contributed by atoms with Gasteiger partial charge in [0, 0.05) is 6.54 Å². The molecular formula is C10H11Cl2N3. The summed E-state index contributed by atoms with van der Waals surface area (Å²) in [7, 11) is 0. The molecule has 5 heteroatoms. The van der Waals surface area contributed by atoms with Gasteiger partial charge in [-0.05, 0) is 23.6 Å². The van der Waals surface area contributed by atoms with E-state index < -0.39 is 0 Å². The molecular weight excluding hydrogens is 233 g/mol. The summed E-state index contributed by atoms with van der Waals surface area (Å²) in [6.07, 6.45) is 2.59. The van der Waals surface area contributed by atoms with Crippen LogP contribution in [0.3, 0.4) is 0 Å². The fraction of sp³-hybridized carbons (Fsp3) is 0.200. The first-order valence-corrected chi connectivity index (χ1v) is 4.81. The van der Waals surface area contributed by atoms with Crippen molar-refractivity contribution in [1.29, 1.82) is 0 Å². The van der Waals surface area contributed by atoms with E-state index in [9.17, 15) is 0 Å². The summed E-state index contributed by atoms with van der Waals surface area (Å²) in [6, 6.07) is 10.3. The summed E-state index contributed by atoms with van der Waals surface area (Å²) < 4.78 is 1.75. The largest absolute Gasteiger partial charge is 0.251 e. The van der Waals surface area contributed by atoms with Crippen molar-refractivity contribution in [3.8, 4) is 0 Å². The van der Waals surface area contributed by atoms with E-state index in [0.29, 0.717) is 5.28 Å². The molecule has 1 heterocycles. The van der Waals surface area contributed by atoms with Crippen LogP contribution in [0.15, 0.2) is 36.7 Å². The van der Waals surface area contributed by atoms with Crippen LogP contribution < -0.4 is 0 Å². The number of hydrogen-bond donors (Lipinski definition) is 0. The number of aromatic nitrogens is 3. The lowest BCUT2D eigenvalue weighted by atomic mass is 10.2. The fourth-order valence-corrected chi connectivity index (χ4v) is 1.41. The minimum atomic E-state index is 0. The molecule has 80 valence electrons. The summed E-state index contributed by atoms with van der Waals surface area (Å²) in [4.78, 5) is 3.85. The van der Waals surface area contributed by atoms with Crippen LogP contribution in [-0.2, 0) is 13.0 Å². The topological polar surface area (TPSA) is 30.7 Å². The van der Waals surface area contributed by atoms with Crippen LogP contribution in [-0.4, -0.2) is 14.8 Å². The molecule has 2 aromatic rings. The highest BCUT2D eigenvalue weighted by Gasteiger charge is 1.97. The van der Waals surface area contributed by atoms with Gasteiger partial charge in [-0.3, -0.25) is 4.68 Å². The highest BCUT2D eigenvalue weighted by Crippen LogP contribution is 2.02. The van der Waals surface area contributed by atoms with Gasteiger partial charge in [-0.1, -0.05) is 30.3 Å². The third kappa shape index (κ3) is 3.53. The Morgan fingerprint density at radius 2 is 1.93 bits per heavy atom. The van der Waals surface area contributed by atoms with Crippen LogP contribution in [0.5, 0.6) is 0 Å². The maximum Gasteiger partial charge on any atom is 0.242 e. The second kappa shape index (κ2) is 5.73. The van der Waals surface area contributed by atoms with Crippen molar-refractivity contribution < 1.29 is 0 Å². The van der Waals surface area contributed by atoms with Crippen molar-refractivity contribution in [2.45, 2.75) is 13.0 Å². The molecule has 0 aliphatic heterocycles. The predicted molar refractivity (Wildman–Crippen MR) is 62.4 cm³/mol. The van der Waals surface area contributed by atoms with Crippen molar-refractivity contribution in [1.82, 2.24) is 14.8 Å². The Labute approximate surface area is 99.5 Å². The van der Waals surface area contributed by atoms with Crippen LogP contribution in [0.25, 0.3) is 0 Å². The maximum absolute atomic E-state index is 5.60. The van der Waals surface area contributed by atoms with Gasteiger partial charge in [0.1, 0.15) is 6.33 Å². The van der Waals surface area contributed by atoms with Crippen LogP contribution in [0.1, 0.15) is 5.56 Å². The van der Waals surface area contributed by atoms with Gasteiger partial charge >= 0.3 is 0 Å². The molecule has 0 spiro atoms. The lowest BCUT2D eigenvalue weighted by Crippen LogP contribution is -2.01.